The van der Waals surface area contributed by atoms with Crippen molar-refractivity contribution in [3.8, 4) is 0 Å². The van der Waals surface area contributed by atoms with E-state index in [0.717, 1.165) is 77.0 Å². The molecule has 0 heterocycles. The topological polar surface area (TPSA) is 106 Å². The number of carbonyl (C=O) groups excluding carboxylic acids is 3. The molecule has 2 fully saturated rings. The van der Waals surface area contributed by atoms with Gasteiger partial charge in [-0.2, -0.15) is 0 Å². The molecule has 10 heteroatoms. The summed E-state index contributed by atoms with van der Waals surface area (Å²) in [6.45, 7) is 8.88. The van der Waals surface area contributed by atoms with Crippen LogP contribution in [0.2, 0.25) is 0 Å². The molecule has 1 atom stereocenters. The Morgan fingerprint density at radius 2 is 1.59 bits per heavy atom. The summed E-state index contributed by atoms with van der Waals surface area (Å²) in [5.41, 5.74) is 0. The Morgan fingerprint density at radius 1 is 0.949 bits per heavy atom. The van der Waals surface area contributed by atoms with E-state index in [1.165, 1.54) is 4.90 Å². The van der Waals surface area contributed by atoms with Crippen molar-refractivity contribution < 1.29 is 33.7 Å². The first-order chi connectivity index (χ1) is 18.8. The van der Waals surface area contributed by atoms with Crippen LogP contribution in [0.25, 0.3) is 0 Å². The summed E-state index contributed by atoms with van der Waals surface area (Å²) in [6, 6.07) is -0.163. The van der Waals surface area contributed by atoms with E-state index in [-0.39, 0.29) is 50.5 Å². The number of aliphatic hydroxyl groups excluding tert-OH is 1. The number of carbonyl (C=O) groups is 3. The molecule has 2 saturated carbocycles. The first-order valence-corrected chi connectivity index (χ1v) is 16.2. The molecule has 1 unspecified atom stereocenters. The van der Waals surface area contributed by atoms with E-state index in [4.69, 9.17) is 14.2 Å². The highest BCUT2D eigenvalue weighted by Gasteiger charge is 2.28. The van der Waals surface area contributed by atoms with E-state index in [1.54, 1.807) is 4.90 Å². The molecule has 0 radical (unpaired) electrons. The highest BCUT2D eigenvalue weighted by molar-refractivity contribution is 9.09. The molecule has 9 nitrogen and oxygen atoms in total. The number of amides is 2. The number of hydrogen-bond acceptors (Lipinski definition) is 7. The van der Waals surface area contributed by atoms with Gasteiger partial charge < -0.3 is 24.2 Å². The predicted octanol–water partition coefficient (Wildman–Crippen LogP) is 6.29. The molecule has 0 aromatic heterocycles. The van der Waals surface area contributed by atoms with Gasteiger partial charge in [0.2, 0.25) is 0 Å². The standard InChI is InChI=1S/C27H47BrN2O7.C2H6/c1-3-4-5-8-21(2)30(20-25(32)37-24-9-6-7-10-24)27(34)36-18-16-29(26(33)35-17-15-28)19-22-11-13-23(31)14-12-22;1-2/h21-24,31H,3-20H2,1-2H3;1-2H3. The Balaban J connectivity index is 0.00000371. The first kappa shape index (κ1) is 35.5. The van der Waals surface area contributed by atoms with Crippen molar-refractivity contribution in [1.82, 2.24) is 9.80 Å². The van der Waals surface area contributed by atoms with Crippen LogP contribution < -0.4 is 0 Å². The number of ether oxygens (including phenoxy) is 3. The van der Waals surface area contributed by atoms with Crippen LogP contribution in [0.1, 0.15) is 105 Å². The smallest absolute Gasteiger partial charge is 0.410 e. The molecule has 0 spiro atoms. The maximum Gasteiger partial charge on any atom is 0.410 e. The normalized spacial score (nSPS) is 19.8. The second-order valence-corrected chi connectivity index (χ2v) is 11.2. The largest absolute Gasteiger partial charge is 0.461 e. The highest BCUT2D eigenvalue weighted by Crippen LogP contribution is 2.25. The number of halogens is 1. The maximum absolute atomic E-state index is 13.1. The van der Waals surface area contributed by atoms with E-state index in [9.17, 15) is 19.5 Å². The molecular weight excluding hydrogens is 568 g/mol. The minimum atomic E-state index is -0.568. The zero-order chi connectivity index (χ0) is 29.0. The number of alkyl halides is 1. The van der Waals surface area contributed by atoms with Crippen molar-refractivity contribution in [2.75, 3.05) is 38.2 Å². The second kappa shape index (κ2) is 21.2. The van der Waals surface area contributed by atoms with Gasteiger partial charge in [-0.3, -0.25) is 9.69 Å². The van der Waals surface area contributed by atoms with Gasteiger partial charge in [-0.25, -0.2) is 9.59 Å². The molecule has 0 bridgehead atoms. The molecule has 0 saturated heterocycles. The average Bonchev–Trinajstić information content (AvgIpc) is 3.45. The Hall–Kier alpha value is -1.55. The molecule has 2 aliphatic rings. The van der Waals surface area contributed by atoms with Gasteiger partial charge in [-0.15, -0.1) is 0 Å². The van der Waals surface area contributed by atoms with Crippen LogP contribution in [0.3, 0.4) is 0 Å². The van der Waals surface area contributed by atoms with Crippen molar-refractivity contribution in [1.29, 1.82) is 0 Å². The molecule has 0 aliphatic heterocycles. The Labute approximate surface area is 244 Å². The van der Waals surface area contributed by atoms with Gasteiger partial charge in [-0.1, -0.05) is 56.0 Å². The summed E-state index contributed by atoms with van der Waals surface area (Å²) in [6.07, 6.45) is 9.56. The van der Waals surface area contributed by atoms with Crippen molar-refractivity contribution in [3.63, 3.8) is 0 Å². The van der Waals surface area contributed by atoms with Crippen LogP contribution in [-0.4, -0.2) is 89.5 Å². The lowest BCUT2D eigenvalue weighted by Gasteiger charge is -2.31. The van der Waals surface area contributed by atoms with E-state index < -0.39 is 18.2 Å². The second-order valence-electron chi connectivity index (χ2n) is 10.4. The van der Waals surface area contributed by atoms with Gasteiger partial charge in [-0.05, 0) is 70.6 Å². The number of nitrogens with zero attached hydrogens (tertiary/aromatic N) is 2. The predicted molar refractivity (Wildman–Crippen MR) is 156 cm³/mol. The maximum atomic E-state index is 13.1. The van der Waals surface area contributed by atoms with Gasteiger partial charge in [0, 0.05) is 17.9 Å². The van der Waals surface area contributed by atoms with Gasteiger partial charge in [0.25, 0.3) is 0 Å². The fourth-order valence-corrected chi connectivity index (χ4v) is 5.22. The zero-order valence-corrected chi connectivity index (χ0v) is 26.3. The minimum absolute atomic E-state index is 0.00738. The molecule has 228 valence electrons. The van der Waals surface area contributed by atoms with Crippen molar-refractivity contribution in [2.24, 2.45) is 5.92 Å². The lowest BCUT2D eigenvalue weighted by Crippen LogP contribution is -2.45. The number of aliphatic hydroxyl groups is 1. The van der Waals surface area contributed by atoms with Gasteiger partial charge in [0.05, 0.1) is 12.6 Å². The third kappa shape index (κ3) is 14.6. The molecule has 1 N–H and O–H groups in total. The zero-order valence-electron chi connectivity index (χ0n) is 24.7. The molecule has 2 amide bonds. The lowest BCUT2D eigenvalue weighted by molar-refractivity contribution is -0.150. The van der Waals surface area contributed by atoms with Crippen molar-refractivity contribution in [2.45, 2.75) is 123 Å². The fourth-order valence-electron chi connectivity index (χ4n) is 5.05. The lowest BCUT2D eigenvalue weighted by atomic mass is 9.87. The quantitative estimate of drug-likeness (QED) is 0.0992. The van der Waals surface area contributed by atoms with Crippen molar-refractivity contribution >= 4 is 34.1 Å². The summed E-state index contributed by atoms with van der Waals surface area (Å²) < 4.78 is 16.5. The number of hydrogen-bond donors (Lipinski definition) is 1. The van der Waals surface area contributed by atoms with Gasteiger partial charge in [0.1, 0.15) is 25.9 Å². The molecule has 2 aliphatic carbocycles. The van der Waals surface area contributed by atoms with E-state index >= 15 is 0 Å². The van der Waals surface area contributed by atoms with E-state index in [2.05, 4.69) is 22.9 Å². The molecular formula is C29H53BrN2O7. The molecule has 39 heavy (non-hydrogen) atoms. The average molecular weight is 622 g/mol. The monoisotopic (exact) mass is 620 g/mol. The van der Waals surface area contributed by atoms with Crippen molar-refractivity contribution in [3.05, 3.63) is 0 Å². The minimum Gasteiger partial charge on any atom is -0.461 e. The number of esters is 1. The van der Waals surface area contributed by atoms with Crippen LogP contribution >= 0.6 is 15.9 Å². The van der Waals surface area contributed by atoms with Crippen LogP contribution in [0.5, 0.6) is 0 Å². The number of rotatable bonds is 15. The Bertz CT molecular complexity index is 683. The summed E-state index contributed by atoms with van der Waals surface area (Å²) in [7, 11) is 0. The summed E-state index contributed by atoms with van der Waals surface area (Å²) in [5.74, 6) is -0.123. The SMILES string of the molecule is CC.CCCCCC(C)N(CC(=O)OC1CCCC1)C(=O)OCCN(CC1CCC(O)CC1)C(=O)OCCBr. The molecule has 2 rings (SSSR count). The summed E-state index contributed by atoms with van der Waals surface area (Å²) in [5, 5.41) is 10.3. The Morgan fingerprint density at radius 3 is 2.21 bits per heavy atom. The summed E-state index contributed by atoms with van der Waals surface area (Å²) >= 11 is 3.27. The van der Waals surface area contributed by atoms with Crippen LogP contribution in [-0.2, 0) is 19.0 Å². The fraction of sp³-hybridized carbons (Fsp3) is 0.897. The molecule has 0 aromatic carbocycles. The summed E-state index contributed by atoms with van der Waals surface area (Å²) in [4.78, 5) is 41.4. The van der Waals surface area contributed by atoms with Crippen LogP contribution in [0.15, 0.2) is 0 Å². The highest BCUT2D eigenvalue weighted by atomic mass is 79.9. The number of unbranched alkanes of at least 4 members (excludes halogenated alkanes) is 2. The Kier molecular flexibility index (Phi) is 19.3. The van der Waals surface area contributed by atoms with Gasteiger partial charge >= 0.3 is 18.2 Å². The van der Waals surface area contributed by atoms with E-state index in [1.807, 2.05) is 20.8 Å². The van der Waals surface area contributed by atoms with Gasteiger partial charge in [0.15, 0.2) is 0 Å². The molecule has 0 aromatic rings. The third-order valence-electron chi connectivity index (χ3n) is 7.33. The van der Waals surface area contributed by atoms with E-state index in [0.29, 0.717) is 11.9 Å². The first-order valence-electron chi connectivity index (χ1n) is 15.1. The van der Waals surface area contributed by atoms with Crippen LogP contribution in [0, 0.1) is 5.92 Å². The third-order valence-corrected chi connectivity index (χ3v) is 7.66. The van der Waals surface area contributed by atoms with Crippen LogP contribution in [0.4, 0.5) is 9.59 Å².